The number of rotatable bonds is 1. The Morgan fingerprint density at radius 1 is 0.778 bits per heavy atom. The summed E-state index contributed by atoms with van der Waals surface area (Å²) in [5.74, 6) is 0.598. The maximum absolute atomic E-state index is 2.26. The van der Waals surface area contributed by atoms with Crippen molar-refractivity contribution in [2.45, 2.75) is 54.4 Å². The molecule has 100 valence electrons. The molecule has 0 N–H and O–H groups in total. The predicted molar refractivity (Wildman–Crippen MR) is 85.5 cm³/mol. The van der Waals surface area contributed by atoms with E-state index in [9.17, 15) is 0 Å². The van der Waals surface area contributed by atoms with E-state index < -0.39 is 0 Å². The highest BCUT2D eigenvalue weighted by Crippen LogP contribution is 2.28. The molecule has 0 atom stereocenters. The topological polar surface area (TPSA) is 0 Å². The van der Waals surface area contributed by atoms with Crippen molar-refractivity contribution in [3.05, 3.63) is 47.5 Å². The molecule has 0 nitrogen and oxygen atoms in total. The average Bonchev–Trinajstić information content (AvgIpc) is 2.42. The molecule has 0 aliphatic carbocycles. The second-order valence-electron chi connectivity index (χ2n) is 4.17. The van der Waals surface area contributed by atoms with Gasteiger partial charge in [0.1, 0.15) is 0 Å². The molecule has 0 aliphatic rings. The van der Waals surface area contributed by atoms with E-state index in [1.807, 2.05) is 27.7 Å². The number of benzene rings is 2. The van der Waals surface area contributed by atoms with Gasteiger partial charge in [0.25, 0.3) is 0 Å². The van der Waals surface area contributed by atoms with E-state index in [1.165, 1.54) is 21.9 Å². The lowest BCUT2D eigenvalue weighted by atomic mass is 9.92. The summed E-state index contributed by atoms with van der Waals surface area (Å²) in [7, 11) is 0. The number of aryl methyl sites for hydroxylation is 1. The van der Waals surface area contributed by atoms with Crippen LogP contribution in [0.3, 0.4) is 0 Å². The Morgan fingerprint density at radius 3 is 1.89 bits per heavy atom. The Kier molecular flexibility index (Phi) is 8.11. The van der Waals surface area contributed by atoms with E-state index >= 15 is 0 Å². The highest BCUT2D eigenvalue weighted by molar-refractivity contribution is 5.87. The second-order valence-corrected chi connectivity index (χ2v) is 4.17. The number of fused-ring (bicyclic) bond motifs is 1. The largest absolute Gasteiger partial charge is 0.0683 e. The highest BCUT2D eigenvalue weighted by Gasteiger charge is 2.07. The molecule has 2 aromatic rings. The highest BCUT2D eigenvalue weighted by atomic mass is 14.1. The summed E-state index contributed by atoms with van der Waals surface area (Å²) in [6.07, 6.45) is 0. The standard InChI is InChI=1S/C14H16.2C2H6/c1-10(2)14-11(3)8-9-12-6-4-5-7-13(12)14;2*1-2/h4-10H,1-3H3;2*1-2H3. The molecule has 0 unspecified atom stereocenters. The van der Waals surface area contributed by atoms with Crippen molar-refractivity contribution in [3.63, 3.8) is 0 Å². The van der Waals surface area contributed by atoms with Gasteiger partial charge in [-0.3, -0.25) is 0 Å². The summed E-state index contributed by atoms with van der Waals surface area (Å²) >= 11 is 0. The van der Waals surface area contributed by atoms with Gasteiger partial charge in [0.15, 0.2) is 0 Å². The zero-order chi connectivity index (χ0) is 14.1. The molecule has 0 radical (unpaired) electrons. The molecule has 0 saturated heterocycles. The molecule has 2 aromatic carbocycles. The Balaban J connectivity index is 0.000000659. The van der Waals surface area contributed by atoms with Gasteiger partial charge >= 0.3 is 0 Å². The smallest absolute Gasteiger partial charge is 0.0147 e. The normalized spacial score (nSPS) is 9.33. The van der Waals surface area contributed by atoms with Crippen LogP contribution in [0, 0.1) is 6.92 Å². The lowest BCUT2D eigenvalue weighted by Crippen LogP contribution is -1.93. The lowest BCUT2D eigenvalue weighted by Gasteiger charge is -2.13. The minimum Gasteiger partial charge on any atom is -0.0683 e. The van der Waals surface area contributed by atoms with Crippen LogP contribution in [0.25, 0.3) is 10.8 Å². The van der Waals surface area contributed by atoms with Crippen molar-refractivity contribution >= 4 is 10.8 Å². The van der Waals surface area contributed by atoms with Crippen LogP contribution in [0.2, 0.25) is 0 Å². The van der Waals surface area contributed by atoms with Crippen LogP contribution < -0.4 is 0 Å². The zero-order valence-corrected chi connectivity index (χ0v) is 13.0. The molecule has 0 aliphatic heterocycles. The van der Waals surface area contributed by atoms with Crippen LogP contribution in [0.15, 0.2) is 36.4 Å². The average molecular weight is 244 g/mol. The van der Waals surface area contributed by atoms with Crippen LogP contribution >= 0.6 is 0 Å². The van der Waals surface area contributed by atoms with Crippen molar-refractivity contribution < 1.29 is 0 Å². The Morgan fingerprint density at radius 2 is 1.33 bits per heavy atom. The van der Waals surface area contributed by atoms with Gasteiger partial charge in [-0.2, -0.15) is 0 Å². The van der Waals surface area contributed by atoms with E-state index in [0.29, 0.717) is 5.92 Å². The van der Waals surface area contributed by atoms with Crippen LogP contribution in [-0.4, -0.2) is 0 Å². The molecule has 0 fully saturated rings. The first kappa shape index (κ1) is 16.7. The van der Waals surface area contributed by atoms with Crippen molar-refractivity contribution in [2.75, 3.05) is 0 Å². The molecule has 18 heavy (non-hydrogen) atoms. The fourth-order valence-corrected chi connectivity index (χ4v) is 2.17. The van der Waals surface area contributed by atoms with E-state index in [2.05, 4.69) is 57.2 Å². The summed E-state index contributed by atoms with van der Waals surface area (Å²) in [6.45, 7) is 14.7. The minimum absolute atomic E-state index is 0.598. The third-order valence-corrected chi connectivity index (χ3v) is 2.77. The van der Waals surface area contributed by atoms with Gasteiger partial charge in [0, 0.05) is 0 Å². The quantitative estimate of drug-likeness (QED) is 0.550. The minimum atomic E-state index is 0.598. The molecule has 2 rings (SSSR count). The molecule has 0 heterocycles. The Labute approximate surface area is 113 Å². The van der Waals surface area contributed by atoms with Gasteiger partial charge in [0.05, 0.1) is 0 Å². The van der Waals surface area contributed by atoms with Gasteiger partial charge in [-0.25, -0.2) is 0 Å². The molecular weight excluding hydrogens is 216 g/mol. The molecule has 0 aromatic heterocycles. The van der Waals surface area contributed by atoms with Crippen molar-refractivity contribution in [3.8, 4) is 0 Å². The van der Waals surface area contributed by atoms with Crippen molar-refractivity contribution in [2.24, 2.45) is 0 Å². The fraction of sp³-hybridized carbons (Fsp3) is 0.444. The van der Waals surface area contributed by atoms with Crippen molar-refractivity contribution in [1.82, 2.24) is 0 Å². The van der Waals surface area contributed by atoms with Crippen LogP contribution in [0.4, 0.5) is 0 Å². The van der Waals surface area contributed by atoms with Gasteiger partial charge in [0.2, 0.25) is 0 Å². The first-order valence-electron chi connectivity index (χ1n) is 7.18. The van der Waals surface area contributed by atoms with Gasteiger partial charge in [-0.1, -0.05) is 77.9 Å². The lowest BCUT2D eigenvalue weighted by molar-refractivity contribution is 0.867. The van der Waals surface area contributed by atoms with Crippen molar-refractivity contribution in [1.29, 1.82) is 0 Å². The van der Waals surface area contributed by atoms with E-state index in [4.69, 9.17) is 0 Å². The summed E-state index contributed by atoms with van der Waals surface area (Å²) in [6, 6.07) is 13.0. The predicted octanol–water partition coefficient (Wildman–Crippen LogP) is 6.32. The van der Waals surface area contributed by atoms with E-state index in [1.54, 1.807) is 0 Å². The molecule has 0 heteroatoms. The maximum Gasteiger partial charge on any atom is -0.0147 e. The van der Waals surface area contributed by atoms with Crippen LogP contribution in [0.5, 0.6) is 0 Å². The first-order chi connectivity index (χ1) is 8.70. The number of hydrogen-bond acceptors (Lipinski definition) is 0. The van der Waals surface area contributed by atoms with Crippen LogP contribution in [-0.2, 0) is 0 Å². The van der Waals surface area contributed by atoms with Crippen LogP contribution in [0.1, 0.15) is 58.6 Å². The Hall–Kier alpha value is -1.30. The second kappa shape index (κ2) is 8.74. The van der Waals surface area contributed by atoms with E-state index in [-0.39, 0.29) is 0 Å². The monoisotopic (exact) mass is 244 g/mol. The third kappa shape index (κ3) is 3.87. The summed E-state index contributed by atoms with van der Waals surface area (Å²) in [5, 5.41) is 2.75. The molecule has 0 saturated carbocycles. The van der Waals surface area contributed by atoms with Gasteiger partial charge in [-0.15, -0.1) is 0 Å². The molecule has 0 spiro atoms. The SMILES string of the molecule is CC.CC.Cc1ccc2ccccc2c1C(C)C. The third-order valence-electron chi connectivity index (χ3n) is 2.77. The maximum atomic E-state index is 2.26. The first-order valence-corrected chi connectivity index (χ1v) is 7.18. The van der Waals surface area contributed by atoms with Gasteiger partial charge < -0.3 is 0 Å². The fourth-order valence-electron chi connectivity index (χ4n) is 2.17. The summed E-state index contributed by atoms with van der Waals surface area (Å²) in [4.78, 5) is 0. The number of hydrogen-bond donors (Lipinski definition) is 0. The summed E-state index contributed by atoms with van der Waals surface area (Å²) < 4.78 is 0. The van der Waals surface area contributed by atoms with E-state index in [0.717, 1.165) is 0 Å². The molecule has 0 amide bonds. The van der Waals surface area contributed by atoms with Gasteiger partial charge in [-0.05, 0) is 34.7 Å². The Bertz CT molecular complexity index is 453. The summed E-state index contributed by atoms with van der Waals surface area (Å²) in [5.41, 5.74) is 2.89. The molecule has 0 bridgehead atoms. The molecular formula is C18H28. The zero-order valence-electron chi connectivity index (χ0n) is 13.0.